The predicted octanol–water partition coefficient (Wildman–Crippen LogP) is 1.00. The first-order valence-electron chi connectivity index (χ1n) is 3.06. The summed E-state index contributed by atoms with van der Waals surface area (Å²) in [5.74, 6) is 0. The molecule has 0 amide bonds. The molecule has 0 atom stereocenters. The zero-order chi connectivity index (χ0) is 9.14. The normalized spacial score (nSPS) is 9.75. The average molecular weight is 186 g/mol. The molecule has 0 aromatic carbocycles. The van der Waals surface area contributed by atoms with E-state index >= 15 is 0 Å². The van der Waals surface area contributed by atoms with E-state index in [0.29, 0.717) is 4.90 Å². The molecule has 64 valence electrons. The van der Waals surface area contributed by atoms with Crippen LogP contribution in [-0.2, 0) is 0 Å². The number of nitrogens with one attached hydrogen (secondary N) is 1. The van der Waals surface area contributed by atoms with Crippen molar-refractivity contribution in [3.8, 4) is 0 Å². The monoisotopic (exact) mass is 186 g/mol. The van der Waals surface area contributed by atoms with Gasteiger partial charge in [0.2, 0.25) is 0 Å². The average Bonchev–Trinajstić information content (AvgIpc) is 2.05. The van der Waals surface area contributed by atoms with Crippen LogP contribution in [0.3, 0.4) is 0 Å². The van der Waals surface area contributed by atoms with E-state index in [0.717, 1.165) is 6.20 Å². The van der Waals surface area contributed by atoms with Crippen molar-refractivity contribution in [3.05, 3.63) is 32.7 Å². The summed E-state index contributed by atoms with van der Waals surface area (Å²) in [5.41, 5.74) is -0.396. The van der Waals surface area contributed by atoms with Crippen LogP contribution in [0.2, 0.25) is 0 Å². The van der Waals surface area contributed by atoms with Gasteiger partial charge in [0.1, 0.15) is 0 Å². The van der Waals surface area contributed by atoms with Crippen molar-refractivity contribution in [2.45, 2.75) is 4.90 Å². The lowest BCUT2D eigenvalue weighted by Crippen LogP contribution is -2.07. The molecular weight excluding hydrogens is 180 g/mol. The highest BCUT2D eigenvalue weighted by Gasteiger charge is 2.07. The molecule has 12 heavy (non-hydrogen) atoms. The molecule has 0 unspecified atom stereocenters. The molecule has 1 rings (SSSR count). The quantitative estimate of drug-likeness (QED) is 0.424. The van der Waals surface area contributed by atoms with E-state index in [-0.39, 0.29) is 11.2 Å². The molecule has 0 spiro atoms. The Morgan fingerprint density at radius 2 is 2.33 bits per heavy atom. The molecule has 5 nitrogen and oxygen atoms in total. The van der Waals surface area contributed by atoms with Gasteiger partial charge in [-0.25, -0.2) is 0 Å². The van der Waals surface area contributed by atoms with Gasteiger partial charge in [-0.2, -0.15) is 0 Å². The fourth-order valence-corrected chi connectivity index (χ4v) is 1.19. The highest BCUT2D eigenvalue weighted by molar-refractivity contribution is 7.98. The van der Waals surface area contributed by atoms with E-state index < -0.39 is 4.92 Å². The van der Waals surface area contributed by atoms with Gasteiger partial charge in [0.25, 0.3) is 11.2 Å². The molecule has 1 aromatic rings. The molecule has 0 radical (unpaired) electrons. The molecule has 1 N–H and O–H groups in total. The number of aromatic nitrogens is 1. The molecule has 0 saturated carbocycles. The molecule has 0 saturated heterocycles. The van der Waals surface area contributed by atoms with Crippen molar-refractivity contribution < 1.29 is 4.92 Å². The Bertz CT molecular complexity index is 360. The van der Waals surface area contributed by atoms with Gasteiger partial charge in [-0.15, -0.1) is 11.8 Å². The predicted molar refractivity (Wildman–Crippen MR) is 45.5 cm³/mol. The Morgan fingerprint density at radius 1 is 1.67 bits per heavy atom. The van der Waals surface area contributed by atoms with Gasteiger partial charge in [0.15, 0.2) is 0 Å². The molecule has 0 fully saturated rings. The smallest absolute Gasteiger partial charge is 0.286 e. The number of nitro groups is 1. The minimum atomic E-state index is -0.546. The van der Waals surface area contributed by atoms with E-state index in [2.05, 4.69) is 4.98 Å². The summed E-state index contributed by atoms with van der Waals surface area (Å²) < 4.78 is 0. The first kappa shape index (κ1) is 8.79. The molecular formula is C6H6N2O3S. The minimum absolute atomic E-state index is 0.0982. The Hall–Kier alpha value is -1.30. The number of rotatable bonds is 2. The second-order valence-electron chi connectivity index (χ2n) is 2.01. The highest BCUT2D eigenvalue weighted by atomic mass is 32.2. The molecule has 1 aromatic heterocycles. The summed E-state index contributed by atoms with van der Waals surface area (Å²) in [6.07, 6.45) is 2.77. The summed E-state index contributed by atoms with van der Waals surface area (Å²) >= 11 is 1.18. The SMILES string of the molecule is CSc1cc([N+](=O)[O-])c[nH]c1=O. The Balaban J connectivity index is 3.23. The number of thioether (sulfide) groups is 1. The molecule has 0 aliphatic rings. The third-order valence-corrected chi connectivity index (χ3v) is 2.03. The Labute approximate surface area is 72.0 Å². The summed E-state index contributed by atoms with van der Waals surface area (Å²) in [7, 11) is 0. The number of hydrogen-bond donors (Lipinski definition) is 1. The molecule has 0 aliphatic carbocycles. The van der Waals surface area contributed by atoms with E-state index in [1.807, 2.05) is 0 Å². The van der Waals surface area contributed by atoms with Gasteiger partial charge >= 0.3 is 0 Å². The Morgan fingerprint density at radius 3 is 2.83 bits per heavy atom. The molecule has 1 heterocycles. The molecule has 0 aliphatic heterocycles. The van der Waals surface area contributed by atoms with E-state index in [1.54, 1.807) is 6.26 Å². The van der Waals surface area contributed by atoms with Crippen LogP contribution in [0, 0.1) is 10.1 Å². The van der Waals surface area contributed by atoms with Crippen LogP contribution in [0.25, 0.3) is 0 Å². The van der Waals surface area contributed by atoms with Crippen molar-refractivity contribution in [3.63, 3.8) is 0 Å². The zero-order valence-corrected chi connectivity index (χ0v) is 7.05. The number of H-pyrrole nitrogens is 1. The van der Waals surface area contributed by atoms with Crippen LogP contribution in [-0.4, -0.2) is 16.2 Å². The van der Waals surface area contributed by atoms with Gasteiger partial charge in [0, 0.05) is 6.07 Å². The van der Waals surface area contributed by atoms with Gasteiger partial charge in [0.05, 0.1) is 16.0 Å². The van der Waals surface area contributed by atoms with Crippen molar-refractivity contribution in [1.29, 1.82) is 0 Å². The van der Waals surface area contributed by atoms with E-state index in [4.69, 9.17) is 0 Å². The van der Waals surface area contributed by atoms with Gasteiger partial charge in [-0.1, -0.05) is 0 Å². The first-order valence-corrected chi connectivity index (χ1v) is 4.28. The largest absolute Gasteiger partial charge is 0.322 e. The lowest BCUT2D eigenvalue weighted by Gasteiger charge is -1.93. The third-order valence-electron chi connectivity index (χ3n) is 1.28. The zero-order valence-electron chi connectivity index (χ0n) is 6.23. The number of hydrogen-bond acceptors (Lipinski definition) is 4. The van der Waals surface area contributed by atoms with Crippen LogP contribution in [0.5, 0.6) is 0 Å². The second kappa shape index (κ2) is 3.40. The van der Waals surface area contributed by atoms with Gasteiger partial charge in [-0.3, -0.25) is 14.9 Å². The van der Waals surface area contributed by atoms with Crippen molar-refractivity contribution >= 4 is 17.4 Å². The maximum atomic E-state index is 10.9. The fourth-order valence-electron chi connectivity index (χ4n) is 0.709. The summed E-state index contributed by atoms with van der Waals surface area (Å²) in [5, 5.41) is 10.3. The van der Waals surface area contributed by atoms with Crippen molar-refractivity contribution in [2.24, 2.45) is 0 Å². The maximum absolute atomic E-state index is 10.9. The fraction of sp³-hybridized carbons (Fsp3) is 0.167. The standard InChI is InChI=1S/C6H6N2O3S/c1-12-5-2-4(8(10)11)3-7-6(5)9/h2-3H,1H3,(H,7,9). The number of nitrogens with zero attached hydrogens (tertiary/aromatic N) is 1. The summed E-state index contributed by atoms with van der Waals surface area (Å²) in [6.45, 7) is 0. The van der Waals surface area contributed by atoms with Crippen molar-refractivity contribution in [1.82, 2.24) is 4.98 Å². The van der Waals surface area contributed by atoms with Crippen LogP contribution < -0.4 is 5.56 Å². The van der Waals surface area contributed by atoms with Crippen LogP contribution in [0.4, 0.5) is 5.69 Å². The van der Waals surface area contributed by atoms with E-state index in [9.17, 15) is 14.9 Å². The summed E-state index contributed by atoms with van der Waals surface area (Å²) in [6, 6.07) is 1.25. The number of pyridine rings is 1. The van der Waals surface area contributed by atoms with Crippen LogP contribution >= 0.6 is 11.8 Å². The summed E-state index contributed by atoms with van der Waals surface area (Å²) in [4.78, 5) is 23.3. The molecule has 0 bridgehead atoms. The topological polar surface area (TPSA) is 76.0 Å². The lowest BCUT2D eigenvalue weighted by atomic mass is 10.4. The Kier molecular flexibility index (Phi) is 2.49. The second-order valence-corrected chi connectivity index (χ2v) is 2.86. The van der Waals surface area contributed by atoms with Crippen LogP contribution in [0.1, 0.15) is 0 Å². The third kappa shape index (κ3) is 1.65. The first-order chi connectivity index (χ1) is 5.65. The highest BCUT2D eigenvalue weighted by Crippen LogP contribution is 2.14. The maximum Gasteiger partial charge on any atom is 0.286 e. The van der Waals surface area contributed by atoms with Gasteiger partial charge in [-0.05, 0) is 6.26 Å². The minimum Gasteiger partial charge on any atom is -0.322 e. The molecule has 6 heteroatoms. The number of aromatic amines is 1. The lowest BCUT2D eigenvalue weighted by molar-refractivity contribution is -0.385. The van der Waals surface area contributed by atoms with E-state index in [1.165, 1.54) is 17.8 Å². The van der Waals surface area contributed by atoms with Gasteiger partial charge < -0.3 is 4.98 Å². The van der Waals surface area contributed by atoms with Crippen molar-refractivity contribution in [2.75, 3.05) is 6.26 Å². The van der Waals surface area contributed by atoms with Crippen LogP contribution in [0.15, 0.2) is 22.0 Å².